The van der Waals surface area contributed by atoms with Gasteiger partial charge in [0.1, 0.15) is 11.5 Å². The van der Waals surface area contributed by atoms with Crippen LogP contribution in [0.1, 0.15) is 37.7 Å². The average Bonchev–Trinajstić information content (AvgIpc) is 2.95. The van der Waals surface area contributed by atoms with E-state index in [-0.39, 0.29) is 11.4 Å². The summed E-state index contributed by atoms with van der Waals surface area (Å²) in [6.45, 7) is 5.35. The van der Waals surface area contributed by atoms with Crippen LogP contribution < -0.4 is 10.6 Å². The van der Waals surface area contributed by atoms with Crippen LogP contribution in [0, 0.1) is 6.92 Å². The highest BCUT2D eigenvalue weighted by Crippen LogP contribution is 2.23. The van der Waals surface area contributed by atoms with Crippen LogP contribution >= 0.6 is 0 Å². The van der Waals surface area contributed by atoms with E-state index < -0.39 is 0 Å². The maximum absolute atomic E-state index is 12.2. The molecule has 4 nitrogen and oxygen atoms in total. The van der Waals surface area contributed by atoms with Crippen LogP contribution in [-0.2, 0) is 11.3 Å². The Bertz CT molecular complexity index is 392. The SMILES string of the molecule is CCC1(C(=O)NCc2ccc(C)o2)CCCN1. The van der Waals surface area contributed by atoms with Crippen molar-refractivity contribution in [2.24, 2.45) is 0 Å². The first-order valence-corrected chi connectivity index (χ1v) is 6.25. The van der Waals surface area contributed by atoms with E-state index in [2.05, 4.69) is 17.6 Å². The van der Waals surface area contributed by atoms with Gasteiger partial charge in [0.25, 0.3) is 0 Å². The van der Waals surface area contributed by atoms with Gasteiger partial charge in [0.2, 0.25) is 5.91 Å². The summed E-state index contributed by atoms with van der Waals surface area (Å²) in [5, 5.41) is 6.27. The van der Waals surface area contributed by atoms with Crippen LogP contribution in [0.2, 0.25) is 0 Å². The zero-order valence-corrected chi connectivity index (χ0v) is 10.5. The van der Waals surface area contributed by atoms with Gasteiger partial charge in [-0.25, -0.2) is 0 Å². The average molecular weight is 236 g/mol. The Labute approximate surface area is 102 Å². The molecule has 17 heavy (non-hydrogen) atoms. The minimum Gasteiger partial charge on any atom is -0.465 e. The van der Waals surface area contributed by atoms with Crippen LogP contribution in [0.25, 0.3) is 0 Å². The fourth-order valence-electron chi connectivity index (χ4n) is 2.38. The highest BCUT2D eigenvalue weighted by atomic mass is 16.3. The molecule has 0 bridgehead atoms. The maximum atomic E-state index is 12.2. The van der Waals surface area contributed by atoms with Crippen LogP contribution in [0.5, 0.6) is 0 Å². The van der Waals surface area contributed by atoms with Gasteiger partial charge in [-0.2, -0.15) is 0 Å². The van der Waals surface area contributed by atoms with Crippen molar-refractivity contribution in [3.8, 4) is 0 Å². The topological polar surface area (TPSA) is 54.3 Å². The number of carbonyl (C=O) groups excluding carboxylic acids is 1. The van der Waals surface area contributed by atoms with Crippen molar-refractivity contribution >= 4 is 5.91 Å². The molecule has 0 saturated carbocycles. The molecule has 1 aliphatic heterocycles. The molecule has 0 aliphatic carbocycles. The second-order valence-corrected chi connectivity index (χ2v) is 4.66. The Morgan fingerprint density at radius 3 is 2.94 bits per heavy atom. The molecule has 1 unspecified atom stereocenters. The van der Waals surface area contributed by atoms with Crippen molar-refractivity contribution in [2.75, 3.05) is 6.54 Å². The monoisotopic (exact) mass is 236 g/mol. The summed E-state index contributed by atoms with van der Waals surface area (Å²) in [7, 11) is 0. The van der Waals surface area contributed by atoms with Gasteiger partial charge in [-0.15, -0.1) is 0 Å². The third-order valence-electron chi connectivity index (χ3n) is 3.50. The van der Waals surface area contributed by atoms with Gasteiger partial charge in [-0.1, -0.05) is 6.92 Å². The zero-order valence-electron chi connectivity index (χ0n) is 10.5. The lowest BCUT2D eigenvalue weighted by Crippen LogP contribution is -2.52. The van der Waals surface area contributed by atoms with Gasteiger partial charge >= 0.3 is 0 Å². The molecule has 94 valence electrons. The quantitative estimate of drug-likeness (QED) is 0.837. The number of carbonyl (C=O) groups is 1. The molecule has 1 aromatic heterocycles. The first-order chi connectivity index (χ1) is 8.16. The largest absolute Gasteiger partial charge is 0.465 e. The van der Waals surface area contributed by atoms with Gasteiger partial charge in [0.15, 0.2) is 0 Å². The van der Waals surface area contributed by atoms with Crippen molar-refractivity contribution < 1.29 is 9.21 Å². The van der Waals surface area contributed by atoms with Gasteiger partial charge in [-0.05, 0) is 44.9 Å². The van der Waals surface area contributed by atoms with Crippen molar-refractivity contribution in [2.45, 2.75) is 45.2 Å². The Hall–Kier alpha value is -1.29. The Morgan fingerprint density at radius 1 is 1.59 bits per heavy atom. The molecule has 1 aliphatic rings. The van der Waals surface area contributed by atoms with Crippen molar-refractivity contribution in [3.05, 3.63) is 23.7 Å². The molecule has 1 amide bonds. The molecule has 4 heteroatoms. The molecule has 0 aromatic carbocycles. The molecule has 2 rings (SSSR count). The summed E-state index contributed by atoms with van der Waals surface area (Å²) < 4.78 is 5.43. The summed E-state index contributed by atoms with van der Waals surface area (Å²) >= 11 is 0. The van der Waals surface area contributed by atoms with Gasteiger partial charge < -0.3 is 15.1 Å². The molecular formula is C13H20N2O2. The summed E-state index contributed by atoms with van der Waals surface area (Å²) in [4.78, 5) is 12.2. The van der Waals surface area contributed by atoms with Gasteiger partial charge in [-0.3, -0.25) is 4.79 Å². The molecule has 0 radical (unpaired) electrons. The fourth-order valence-corrected chi connectivity index (χ4v) is 2.38. The number of aryl methyl sites for hydroxylation is 1. The number of amides is 1. The molecule has 1 fully saturated rings. The van der Waals surface area contributed by atoms with Crippen molar-refractivity contribution in [1.82, 2.24) is 10.6 Å². The Morgan fingerprint density at radius 2 is 2.41 bits per heavy atom. The van der Waals surface area contributed by atoms with E-state index in [1.54, 1.807) is 0 Å². The Kier molecular flexibility index (Phi) is 3.52. The van der Waals surface area contributed by atoms with Crippen LogP contribution in [0.4, 0.5) is 0 Å². The maximum Gasteiger partial charge on any atom is 0.240 e. The van der Waals surface area contributed by atoms with Gasteiger partial charge in [0, 0.05) is 0 Å². The molecule has 0 spiro atoms. The number of nitrogens with one attached hydrogen (secondary N) is 2. The number of rotatable bonds is 4. The highest BCUT2D eigenvalue weighted by Gasteiger charge is 2.38. The van der Waals surface area contributed by atoms with E-state index in [4.69, 9.17) is 4.42 Å². The summed E-state index contributed by atoms with van der Waals surface area (Å²) in [6, 6.07) is 3.81. The molecule has 1 aromatic rings. The van der Waals surface area contributed by atoms with Crippen LogP contribution in [0.3, 0.4) is 0 Å². The summed E-state index contributed by atoms with van der Waals surface area (Å²) in [5.41, 5.74) is -0.359. The lowest BCUT2D eigenvalue weighted by atomic mass is 9.93. The zero-order chi connectivity index (χ0) is 12.3. The highest BCUT2D eigenvalue weighted by molar-refractivity contribution is 5.86. The molecule has 2 N–H and O–H groups in total. The molecular weight excluding hydrogens is 216 g/mol. The summed E-state index contributed by atoms with van der Waals surface area (Å²) in [5.74, 6) is 1.77. The predicted molar refractivity (Wildman–Crippen MR) is 65.6 cm³/mol. The first-order valence-electron chi connectivity index (χ1n) is 6.25. The van der Waals surface area contributed by atoms with E-state index in [1.165, 1.54) is 0 Å². The van der Waals surface area contributed by atoms with E-state index in [0.29, 0.717) is 6.54 Å². The van der Waals surface area contributed by atoms with Gasteiger partial charge in [0.05, 0.1) is 12.1 Å². The second kappa shape index (κ2) is 4.92. The van der Waals surface area contributed by atoms with E-state index in [0.717, 1.165) is 37.3 Å². The van der Waals surface area contributed by atoms with Crippen molar-refractivity contribution in [3.63, 3.8) is 0 Å². The normalized spacial score (nSPS) is 23.9. The van der Waals surface area contributed by atoms with Crippen LogP contribution in [-0.4, -0.2) is 18.0 Å². The summed E-state index contributed by atoms with van der Waals surface area (Å²) in [6.07, 6.45) is 2.82. The second-order valence-electron chi connectivity index (χ2n) is 4.66. The minimum absolute atomic E-state index is 0.0894. The predicted octanol–water partition coefficient (Wildman–Crippen LogP) is 1.74. The molecule has 1 saturated heterocycles. The molecule has 1 atom stereocenters. The van der Waals surface area contributed by atoms with E-state index in [9.17, 15) is 4.79 Å². The van der Waals surface area contributed by atoms with E-state index in [1.807, 2.05) is 19.1 Å². The number of hydrogen-bond donors (Lipinski definition) is 2. The lowest BCUT2D eigenvalue weighted by Gasteiger charge is -2.26. The Balaban J connectivity index is 1.92. The standard InChI is InChI=1S/C13H20N2O2/c1-3-13(7-4-8-15-13)12(16)14-9-11-6-5-10(2)17-11/h5-6,15H,3-4,7-9H2,1-2H3,(H,14,16). The fraction of sp³-hybridized carbons (Fsp3) is 0.615. The molecule has 2 heterocycles. The minimum atomic E-state index is -0.359. The smallest absolute Gasteiger partial charge is 0.240 e. The van der Waals surface area contributed by atoms with E-state index >= 15 is 0 Å². The third kappa shape index (κ3) is 2.52. The third-order valence-corrected chi connectivity index (χ3v) is 3.50. The first kappa shape index (κ1) is 12.2. The van der Waals surface area contributed by atoms with Crippen LogP contribution in [0.15, 0.2) is 16.5 Å². The number of hydrogen-bond acceptors (Lipinski definition) is 3. The lowest BCUT2D eigenvalue weighted by molar-refractivity contribution is -0.127. The number of furan rings is 1. The van der Waals surface area contributed by atoms with Crippen molar-refractivity contribution in [1.29, 1.82) is 0 Å².